The van der Waals surface area contributed by atoms with Crippen molar-refractivity contribution in [3.8, 4) is 0 Å². The summed E-state index contributed by atoms with van der Waals surface area (Å²) in [6, 6.07) is 0.842. The van der Waals surface area contributed by atoms with Crippen LogP contribution in [0.2, 0.25) is 0 Å². The topological polar surface area (TPSA) is 24.9 Å². The van der Waals surface area contributed by atoms with Gasteiger partial charge in [-0.1, -0.05) is 20.3 Å². The first-order chi connectivity index (χ1) is 9.93. The minimum Gasteiger partial charge on any atom is -0.310 e. The lowest BCUT2D eigenvalue weighted by atomic mass is 9.89. The molecule has 1 aliphatic rings. The Hall–Kier alpha value is -1.10. The van der Waals surface area contributed by atoms with Gasteiger partial charge in [-0.15, -0.1) is 0 Å². The number of nitrogens with zero attached hydrogens (tertiary/aromatic N) is 1. The fraction of sp³-hybridized carbons (Fsp3) is 0.688. The molecule has 1 heterocycles. The van der Waals surface area contributed by atoms with Crippen molar-refractivity contribution in [2.45, 2.75) is 51.7 Å². The SMILES string of the molecule is CCCNC(c1cnccc1C(F)(F)F)C1CCC(C)C1. The van der Waals surface area contributed by atoms with Gasteiger partial charge in [0, 0.05) is 18.4 Å². The lowest BCUT2D eigenvalue weighted by molar-refractivity contribution is -0.138. The maximum Gasteiger partial charge on any atom is 0.416 e. The molecule has 3 unspecified atom stereocenters. The van der Waals surface area contributed by atoms with Crippen LogP contribution in [0.15, 0.2) is 18.5 Å². The zero-order valence-electron chi connectivity index (χ0n) is 12.6. The van der Waals surface area contributed by atoms with E-state index in [-0.39, 0.29) is 12.0 Å². The van der Waals surface area contributed by atoms with Crippen LogP contribution in [-0.2, 0) is 6.18 Å². The molecule has 0 aliphatic heterocycles. The number of alkyl halides is 3. The zero-order chi connectivity index (χ0) is 15.5. The molecule has 2 nitrogen and oxygen atoms in total. The van der Waals surface area contributed by atoms with Gasteiger partial charge in [-0.05, 0) is 49.3 Å². The number of hydrogen-bond acceptors (Lipinski definition) is 2. The summed E-state index contributed by atoms with van der Waals surface area (Å²) in [4.78, 5) is 3.94. The minimum absolute atomic E-state index is 0.250. The van der Waals surface area contributed by atoms with E-state index in [2.05, 4.69) is 17.2 Å². The van der Waals surface area contributed by atoms with Crippen LogP contribution < -0.4 is 5.32 Å². The van der Waals surface area contributed by atoms with E-state index >= 15 is 0 Å². The quantitative estimate of drug-likeness (QED) is 0.861. The van der Waals surface area contributed by atoms with Gasteiger partial charge in [0.2, 0.25) is 0 Å². The average molecular weight is 300 g/mol. The standard InChI is InChI=1S/C16H23F3N2/c1-3-7-21-15(12-5-4-11(2)9-12)13-10-20-8-6-14(13)16(17,18)19/h6,8,10-12,15,21H,3-5,7,9H2,1-2H3. The first-order valence-corrected chi connectivity index (χ1v) is 7.68. The molecule has 0 bridgehead atoms. The molecule has 3 atom stereocenters. The molecular weight excluding hydrogens is 277 g/mol. The summed E-state index contributed by atoms with van der Waals surface area (Å²) < 4.78 is 39.7. The number of hydrogen-bond donors (Lipinski definition) is 1. The largest absolute Gasteiger partial charge is 0.416 e. The van der Waals surface area contributed by atoms with E-state index in [1.807, 2.05) is 6.92 Å². The van der Waals surface area contributed by atoms with Crippen molar-refractivity contribution in [1.82, 2.24) is 10.3 Å². The second kappa shape index (κ2) is 6.77. The van der Waals surface area contributed by atoms with E-state index in [0.717, 1.165) is 38.3 Å². The van der Waals surface area contributed by atoms with Crippen LogP contribution in [0.4, 0.5) is 13.2 Å². The summed E-state index contributed by atoms with van der Waals surface area (Å²) in [5.41, 5.74) is -0.247. The molecule has 0 amide bonds. The Labute approximate surface area is 124 Å². The lowest BCUT2D eigenvalue weighted by Crippen LogP contribution is -2.30. The monoisotopic (exact) mass is 300 g/mol. The van der Waals surface area contributed by atoms with E-state index in [0.29, 0.717) is 11.5 Å². The molecule has 1 aromatic rings. The van der Waals surface area contributed by atoms with Gasteiger partial charge < -0.3 is 5.32 Å². The molecule has 118 valence electrons. The molecule has 5 heteroatoms. The first-order valence-electron chi connectivity index (χ1n) is 7.68. The third-order valence-electron chi connectivity index (χ3n) is 4.31. The van der Waals surface area contributed by atoms with Crippen LogP contribution in [0.3, 0.4) is 0 Å². The Morgan fingerprint density at radius 3 is 2.71 bits per heavy atom. The van der Waals surface area contributed by atoms with Crippen molar-refractivity contribution >= 4 is 0 Å². The van der Waals surface area contributed by atoms with Gasteiger partial charge in [-0.3, -0.25) is 4.98 Å². The summed E-state index contributed by atoms with van der Waals surface area (Å²) >= 11 is 0. The van der Waals surface area contributed by atoms with Gasteiger partial charge in [0.1, 0.15) is 0 Å². The van der Waals surface area contributed by atoms with Gasteiger partial charge in [0.15, 0.2) is 0 Å². The van der Waals surface area contributed by atoms with Crippen LogP contribution >= 0.6 is 0 Å². The highest BCUT2D eigenvalue weighted by Gasteiger charge is 2.38. The maximum atomic E-state index is 13.2. The van der Waals surface area contributed by atoms with Crippen molar-refractivity contribution in [1.29, 1.82) is 0 Å². The molecule has 0 saturated heterocycles. The molecule has 0 radical (unpaired) electrons. The number of aromatic nitrogens is 1. The van der Waals surface area contributed by atoms with Crippen molar-refractivity contribution in [2.24, 2.45) is 11.8 Å². The van der Waals surface area contributed by atoms with Crippen LogP contribution in [-0.4, -0.2) is 11.5 Å². The summed E-state index contributed by atoms with van der Waals surface area (Å²) in [5, 5.41) is 3.32. The number of halogens is 3. The van der Waals surface area contributed by atoms with Crippen molar-refractivity contribution in [3.63, 3.8) is 0 Å². The Bertz CT molecular complexity index is 459. The molecule has 2 rings (SSSR count). The second-order valence-corrected chi connectivity index (χ2v) is 6.07. The molecule has 1 saturated carbocycles. The molecular formula is C16H23F3N2. The third-order valence-corrected chi connectivity index (χ3v) is 4.31. The molecule has 0 spiro atoms. The van der Waals surface area contributed by atoms with Crippen molar-refractivity contribution < 1.29 is 13.2 Å². The van der Waals surface area contributed by atoms with Crippen molar-refractivity contribution in [3.05, 3.63) is 29.6 Å². The summed E-state index contributed by atoms with van der Waals surface area (Å²) in [6.45, 7) is 4.92. The zero-order valence-corrected chi connectivity index (χ0v) is 12.6. The van der Waals surface area contributed by atoms with E-state index in [4.69, 9.17) is 0 Å². The fourth-order valence-electron chi connectivity index (χ4n) is 3.30. The smallest absolute Gasteiger partial charge is 0.310 e. The van der Waals surface area contributed by atoms with Crippen LogP contribution in [0.25, 0.3) is 0 Å². The van der Waals surface area contributed by atoms with Crippen LogP contribution in [0, 0.1) is 11.8 Å². The normalized spacial score (nSPS) is 24.2. The van der Waals surface area contributed by atoms with Crippen molar-refractivity contribution in [2.75, 3.05) is 6.54 Å². The summed E-state index contributed by atoms with van der Waals surface area (Å²) in [5.74, 6) is 0.851. The molecule has 1 aliphatic carbocycles. The van der Waals surface area contributed by atoms with Gasteiger partial charge in [-0.25, -0.2) is 0 Å². The highest BCUT2D eigenvalue weighted by atomic mass is 19.4. The maximum absolute atomic E-state index is 13.2. The van der Waals surface area contributed by atoms with E-state index in [1.165, 1.54) is 12.4 Å². The average Bonchev–Trinajstić information content (AvgIpc) is 2.85. The van der Waals surface area contributed by atoms with Crippen LogP contribution in [0.5, 0.6) is 0 Å². The Morgan fingerprint density at radius 2 is 2.14 bits per heavy atom. The highest BCUT2D eigenvalue weighted by molar-refractivity contribution is 5.30. The summed E-state index contributed by atoms with van der Waals surface area (Å²) in [7, 11) is 0. The molecule has 21 heavy (non-hydrogen) atoms. The molecule has 0 aromatic carbocycles. The van der Waals surface area contributed by atoms with Gasteiger partial charge in [0.25, 0.3) is 0 Å². The lowest BCUT2D eigenvalue weighted by Gasteiger charge is -2.27. The minimum atomic E-state index is -4.32. The number of pyridine rings is 1. The molecule has 1 N–H and O–H groups in total. The molecule has 1 aromatic heterocycles. The van der Waals surface area contributed by atoms with E-state index < -0.39 is 11.7 Å². The second-order valence-electron chi connectivity index (χ2n) is 6.07. The first kappa shape index (κ1) is 16.3. The fourth-order valence-corrected chi connectivity index (χ4v) is 3.30. The highest BCUT2D eigenvalue weighted by Crippen LogP contribution is 2.42. The van der Waals surface area contributed by atoms with E-state index in [9.17, 15) is 13.2 Å². The van der Waals surface area contributed by atoms with Gasteiger partial charge in [-0.2, -0.15) is 13.2 Å². The van der Waals surface area contributed by atoms with Crippen LogP contribution in [0.1, 0.15) is 56.7 Å². The summed E-state index contributed by atoms with van der Waals surface area (Å²) in [6.07, 6.45) is 2.24. The van der Waals surface area contributed by atoms with Gasteiger partial charge >= 0.3 is 6.18 Å². The van der Waals surface area contributed by atoms with E-state index in [1.54, 1.807) is 0 Å². The predicted molar refractivity (Wildman–Crippen MR) is 76.8 cm³/mol. The third kappa shape index (κ3) is 3.96. The number of rotatable bonds is 5. The Morgan fingerprint density at radius 1 is 1.38 bits per heavy atom. The van der Waals surface area contributed by atoms with Gasteiger partial charge in [0.05, 0.1) is 5.56 Å². The predicted octanol–water partition coefficient (Wildman–Crippen LogP) is 4.58. The Kier molecular flexibility index (Phi) is 5.25. The molecule has 1 fully saturated rings. The number of nitrogens with one attached hydrogen (secondary N) is 1. The Balaban J connectivity index is 2.32.